The third-order valence-corrected chi connectivity index (χ3v) is 2.50. The van der Waals surface area contributed by atoms with E-state index in [9.17, 15) is 9.59 Å². The maximum absolute atomic E-state index is 11.4. The van der Waals surface area contributed by atoms with Gasteiger partial charge in [0.15, 0.2) is 0 Å². The number of hydrogen-bond donors (Lipinski definition) is 2. The van der Waals surface area contributed by atoms with Crippen molar-refractivity contribution in [3.05, 3.63) is 35.9 Å². The van der Waals surface area contributed by atoms with Crippen LogP contribution in [0.15, 0.2) is 30.3 Å². The highest BCUT2D eigenvalue weighted by molar-refractivity contribution is 5.93. The Morgan fingerprint density at radius 3 is 2.80 bits per heavy atom. The SMILES string of the molecule is CCCCOc1ccccc1/C=C/C(=O)NCC(=O)O. The molecule has 0 aliphatic rings. The van der Waals surface area contributed by atoms with Gasteiger partial charge in [-0.25, -0.2) is 0 Å². The number of amides is 1. The van der Waals surface area contributed by atoms with Gasteiger partial charge in [-0.05, 0) is 18.6 Å². The number of nitrogens with one attached hydrogen (secondary N) is 1. The number of carboxylic acids is 1. The van der Waals surface area contributed by atoms with E-state index in [1.54, 1.807) is 6.08 Å². The Balaban J connectivity index is 2.61. The van der Waals surface area contributed by atoms with Crippen molar-refractivity contribution in [2.75, 3.05) is 13.2 Å². The summed E-state index contributed by atoms with van der Waals surface area (Å²) in [5.74, 6) is -0.811. The van der Waals surface area contributed by atoms with Gasteiger partial charge in [0.1, 0.15) is 12.3 Å². The van der Waals surface area contributed by atoms with Crippen LogP contribution < -0.4 is 10.1 Å². The van der Waals surface area contributed by atoms with E-state index >= 15 is 0 Å². The minimum Gasteiger partial charge on any atom is -0.493 e. The molecular formula is C15H19NO4. The Bertz CT molecular complexity index is 483. The summed E-state index contributed by atoms with van der Waals surface area (Å²) in [7, 11) is 0. The molecule has 20 heavy (non-hydrogen) atoms. The topological polar surface area (TPSA) is 75.6 Å². The van der Waals surface area contributed by atoms with E-state index < -0.39 is 18.4 Å². The molecular weight excluding hydrogens is 258 g/mol. The molecule has 0 aliphatic carbocycles. The lowest BCUT2D eigenvalue weighted by atomic mass is 10.2. The van der Waals surface area contributed by atoms with E-state index in [4.69, 9.17) is 9.84 Å². The summed E-state index contributed by atoms with van der Waals surface area (Å²) in [6, 6.07) is 7.39. The molecule has 0 fully saturated rings. The number of ether oxygens (including phenoxy) is 1. The van der Waals surface area contributed by atoms with Gasteiger partial charge in [0.2, 0.25) is 5.91 Å². The number of unbranched alkanes of at least 4 members (excludes halogenated alkanes) is 1. The first-order valence-electron chi connectivity index (χ1n) is 6.53. The van der Waals surface area contributed by atoms with Crippen LogP contribution >= 0.6 is 0 Å². The molecule has 2 N–H and O–H groups in total. The summed E-state index contributed by atoms with van der Waals surface area (Å²) in [5.41, 5.74) is 0.786. The molecule has 0 spiro atoms. The number of hydrogen-bond acceptors (Lipinski definition) is 3. The van der Waals surface area contributed by atoms with Crippen LogP contribution in [-0.2, 0) is 9.59 Å². The summed E-state index contributed by atoms with van der Waals surface area (Å²) in [4.78, 5) is 21.7. The second-order valence-corrected chi connectivity index (χ2v) is 4.18. The molecule has 0 radical (unpaired) electrons. The number of carbonyl (C=O) groups excluding carboxylic acids is 1. The Hall–Kier alpha value is -2.30. The van der Waals surface area contributed by atoms with E-state index in [0.717, 1.165) is 18.4 Å². The molecule has 5 nitrogen and oxygen atoms in total. The number of carbonyl (C=O) groups is 2. The first kappa shape index (κ1) is 15.8. The Morgan fingerprint density at radius 2 is 2.10 bits per heavy atom. The molecule has 1 aromatic rings. The Kier molecular flexibility index (Phi) is 6.89. The van der Waals surface area contributed by atoms with Crippen molar-refractivity contribution in [1.82, 2.24) is 5.32 Å². The van der Waals surface area contributed by atoms with Crippen LogP contribution in [0, 0.1) is 0 Å². The van der Waals surface area contributed by atoms with Crippen molar-refractivity contribution in [3.8, 4) is 5.75 Å². The lowest BCUT2D eigenvalue weighted by Gasteiger charge is -2.08. The fourth-order valence-corrected chi connectivity index (χ4v) is 1.46. The molecule has 0 atom stereocenters. The zero-order chi connectivity index (χ0) is 14.8. The average molecular weight is 277 g/mol. The fourth-order valence-electron chi connectivity index (χ4n) is 1.46. The molecule has 0 saturated carbocycles. The summed E-state index contributed by atoms with van der Waals surface area (Å²) >= 11 is 0. The van der Waals surface area contributed by atoms with Crippen LogP contribution in [0.3, 0.4) is 0 Å². The highest BCUT2D eigenvalue weighted by atomic mass is 16.5. The molecule has 5 heteroatoms. The largest absolute Gasteiger partial charge is 0.493 e. The molecule has 1 aromatic carbocycles. The van der Waals surface area contributed by atoms with E-state index in [-0.39, 0.29) is 0 Å². The predicted molar refractivity (Wildman–Crippen MR) is 76.5 cm³/mol. The number of para-hydroxylation sites is 1. The lowest BCUT2D eigenvalue weighted by Crippen LogP contribution is -2.27. The maximum Gasteiger partial charge on any atom is 0.322 e. The maximum atomic E-state index is 11.4. The summed E-state index contributed by atoms with van der Waals surface area (Å²) in [5, 5.41) is 10.7. The van der Waals surface area contributed by atoms with Crippen molar-refractivity contribution in [2.24, 2.45) is 0 Å². The fraction of sp³-hybridized carbons (Fsp3) is 0.333. The number of benzene rings is 1. The third kappa shape index (κ3) is 6.04. The number of aliphatic carboxylic acids is 1. The minimum atomic E-state index is -1.07. The third-order valence-electron chi connectivity index (χ3n) is 2.50. The van der Waals surface area contributed by atoms with Crippen LogP contribution in [0.2, 0.25) is 0 Å². The van der Waals surface area contributed by atoms with Crippen LogP contribution in [0.1, 0.15) is 25.3 Å². The average Bonchev–Trinajstić information content (AvgIpc) is 2.44. The van der Waals surface area contributed by atoms with Gasteiger partial charge in [-0.2, -0.15) is 0 Å². The number of rotatable bonds is 8. The zero-order valence-electron chi connectivity index (χ0n) is 11.5. The summed E-state index contributed by atoms with van der Waals surface area (Å²) < 4.78 is 5.63. The van der Waals surface area contributed by atoms with Crippen molar-refractivity contribution >= 4 is 18.0 Å². The van der Waals surface area contributed by atoms with Gasteiger partial charge in [0.25, 0.3) is 0 Å². The van der Waals surface area contributed by atoms with Gasteiger partial charge in [-0.3, -0.25) is 9.59 Å². The van der Waals surface area contributed by atoms with Gasteiger partial charge >= 0.3 is 5.97 Å². The predicted octanol–water partition coefficient (Wildman–Crippen LogP) is 2.08. The standard InChI is InChI=1S/C15H19NO4/c1-2-3-10-20-13-7-5-4-6-12(13)8-9-14(17)16-11-15(18)19/h4-9H,2-3,10-11H2,1H3,(H,16,17)(H,18,19)/b9-8+. The van der Waals surface area contributed by atoms with Crippen LogP contribution in [0.5, 0.6) is 5.75 Å². The molecule has 0 saturated heterocycles. The van der Waals surface area contributed by atoms with Gasteiger partial charge in [0, 0.05) is 11.6 Å². The van der Waals surface area contributed by atoms with Gasteiger partial charge < -0.3 is 15.2 Å². The Morgan fingerprint density at radius 1 is 1.35 bits per heavy atom. The van der Waals surface area contributed by atoms with Crippen molar-refractivity contribution < 1.29 is 19.4 Å². The molecule has 0 aromatic heterocycles. The minimum absolute atomic E-state index is 0.391. The van der Waals surface area contributed by atoms with E-state index in [1.807, 2.05) is 24.3 Å². The second kappa shape index (κ2) is 8.74. The normalized spacial score (nSPS) is 10.4. The smallest absolute Gasteiger partial charge is 0.322 e. The Labute approximate surface area is 118 Å². The van der Waals surface area contributed by atoms with E-state index in [1.165, 1.54) is 6.08 Å². The lowest BCUT2D eigenvalue weighted by molar-refractivity contribution is -0.137. The summed E-state index contributed by atoms with van der Waals surface area (Å²) in [6.45, 7) is 2.33. The molecule has 0 heterocycles. The molecule has 0 bridgehead atoms. The first-order valence-corrected chi connectivity index (χ1v) is 6.53. The van der Waals surface area contributed by atoms with Crippen LogP contribution in [0.25, 0.3) is 6.08 Å². The van der Waals surface area contributed by atoms with Crippen molar-refractivity contribution in [2.45, 2.75) is 19.8 Å². The molecule has 0 unspecified atom stereocenters. The first-order chi connectivity index (χ1) is 9.63. The molecule has 108 valence electrons. The van der Waals surface area contributed by atoms with Gasteiger partial charge in [-0.15, -0.1) is 0 Å². The highest BCUT2D eigenvalue weighted by Gasteiger charge is 2.02. The molecule has 0 aliphatic heterocycles. The monoisotopic (exact) mass is 277 g/mol. The second-order valence-electron chi connectivity index (χ2n) is 4.18. The van der Waals surface area contributed by atoms with Crippen molar-refractivity contribution in [3.63, 3.8) is 0 Å². The van der Waals surface area contributed by atoms with E-state index in [0.29, 0.717) is 12.4 Å². The molecule has 1 rings (SSSR count). The van der Waals surface area contributed by atoms with E-state index in [2.05, 4.69) is 12.2 Å². The van der Waals surface area contributed by atoms with Crippen LogP contribution in [-0.4, -0.2) is 30.1 Å². The zero-order valence-corrected chi connectivity index (χ0v) is 11.5. The highest BCUT2D eigenvalue weighted by Crippen LogP contribution is 2.19. The van der Waals surface area contributed by atoms with Gasteiger partial charge in [-0.1, -0.05) is 31.5 Å². The van der Waals surface area contributed by atoms with Gasteiger partial charge in [0.05, 0.1) is 6.61 Å². The molecule has 1 amide bonds. The van der Waals surface area contributed by atoms with Crippen LogP contribution in [0.4, 0.5) is 0 Å². The quantitative estimate of drug-likeness (QED) is 0.563. The number of carboxylic acid groups (broad SMARTS) is 1. The van der Waals surface area contributed by atoms with Crippen molar-refractivity contribution in [1.29, 1.82) is 0 Å². The summed E-state index contributed by atoms with van der Waals surface area (Å²) in [6.07, 6.45) is 4.93.